The summed E-state index contributed by atoms with van der Waals surface area (Å²) in [5.41, 5.74) is 1.41. The molecule has 1 rings (SSSR count). The first-order valence-corrected chi connectivity index (χ1v) is 9.86. The normalized spacial score (nSPS) is 11.0. The molecule has 0 aliphatic carbocycles. The molecule has 0 unspecified atom stereocenters. The summed E-state index contributed by atoms with van der Waals surface area (Å²) in [6, 6.07) is 8.75. The molecule has 0 heterocycles. The Morgan fingerprint density at radius 2 is 1.73 bits per heavy atom. The number of benzene rings is 1. The third-order valence-electron chi connectivity index (χ3n) is 3.61. The molecule has 0 bridgehead atoms. The van der Waals surface area contributed by atoms with Crippen molar-refractivity contribution in [1.29, 1.82) is 0 Å². The van der Waals surface area contributed by atoms with Crippen LogP contribution in [0.3, 0.4) is 0 Å². The predicted octanol–water partition coefficient (Wildman–Crippen LogP) is 5.27. The zero-order chi connectivity index (χ0) is 15.9. The van der Waals surface area contributed by atoms with Crippen LogP contribution >= 0.6 is 11.8 Å². The Balaban J connectivity index is 2.16. The maximum Gasteiger partial charge on any atom is 0.0591 e. The van der Waals surface area contributed by atoms with Crippen molar-refractivity contribution in [3.63, 3.8) is 0 Å². The molecule has 0 saturated carbocycles. The van der Waals surface area contributed by atoms with Crippen molar-refractivity contribution < 1.29 is 4.74 Å². The van der Waals surface area contributed by atoms with E-state index in [1.54, 1.807) is 0 Å². The minimum absolute atomic E-state index is 0.815. The van der Waals surface area contributed by atoms with Gasteiger partial charge in [0.15, 0.2) is 0 Å². The Bertz CT molecular complexity index is 370. The quantitative estimate of drug-likeness (QED) is 0.372. The molecule has 1 N–H and O–H groups in total. The zero-order valence-electron chi connectivity index (χ0n) is 14.4. The Labute approximate surface area is 141 Å². The lowest BCUT2D eigenvalue weighted by Crippen LogP contribution is -2.19. The summed E-state index contributed by atoms with van der Waals surface area (Å²) in [6.07, 6.45) is 7.66. The molecule has 22 heavy (non-hydrogen) atoms. The van der Waals surface area contributed by atoms with E-state index in [0.717, 1.165) is 26.3 Å². The zero-order valence-corrected chi connectivity index (χ0v) is 15.2. The number of ether oxygens (including phenoxy) is 1. The fraction of sp³-hybridized carbons (Fsp3) is 0.684. The highest BCUT2D eigenvalue weighted by molar-refractivity contribution is 7.99. The molecule has 0 aromatic heterocycles. The van der Waals surface area contributed by atoms with Crippen molar-refractivity contribution in [2.45, 2.75) is 63.8 Å². The first-order valence-electron chi connectivity index (χ1n) is 8.87. The fourth-order valence-electron chi connectivity index (χ4n) is 2.25. The van der Waals surface area contributed by atoms with Crippen LogP contribution in [-0.2, 0) is 11.3 Å². The van der Waals surface area contributed by atoms with E-state index in [1.807, 2.05) is 11.8 Å². The monoisotopic (exact) mass is 323 g/mol. The molecule has 2 nitrogen and oxygen atoms in total. The molecule has 0 radical (unpaired) electrons. The molecule has 0 saturated heterocycles. The molecular formula is C19H33NOS. The second-order valence-electron chi connectivity index (χ2n) is 5.66. The van der Waals surface area contributed by atoms with Crippen LogP contribution in [0.4, 0.5) is 0 Å². The number of rotatable bonds is 14. The van der Waals surface area contributed by atoms with Gasteiger partial charge in [-0.3, -0.25) is 0 Å². The average molecular weight is 324 g/mol. The van der Waals surface area contributed by atoms with E-state index >= 15 is 0 Å². The molecule has 126 valence electrons. The van der Waals surface area contributed by atoms with E-state index in [0.29, 0.717) is 0 Å². The fourth-order valence-corrected chi connectivity index (χ4v) is 3.32. The predicted molar refractivity (Wildman–Crippen MR) is 98.7 cm³/mol. The number of nitrogens with one attached hydrogen (secondary N) is 1. The number of hydrogen-bond donors (Lipinski definition) is 1. The lowest BCUT2D eigenvalue weighted by atomic mass is 10.2. The molecule has 1 aromatic carbocycles. The molecule has 3 heteroatoms. The lowest BCUT2D eigenvalue weighted by molar-refractivity contribution is 0.132. The second-order valence-corrected chi connectivity index (χ2v) is 6.80. The van der Waals surface area contributed by atoms with Crippen LogP contribution in [0.5, 0.6) is 0 Å². The van der Waals surface area contributed by atoms with Crippen LogP contribution in [0.2, 0.25) is 0 Å². The van der Waals surface area contributed by atoms with Gasteiger partial charge in [-0.15, -0.1) is 11.8 Å². The molecule has 0 atom stereocenters. The van der Waals surface area contributed by atoms with Gasteiger partial charge in [0, 0.05) is 24.6 Å². The largest absolute Gasteiger partial charge is 0.380 e. The number of hydrogen-bond acceptors (Lipinski definition) is 3. The van der Waals surface area contributed by atoms with Crippen molar-refractivity contribution in [3.05, 3.63) is 29.8 Å². The first-order chi connectivity index (χ1) is 10.9. The van der Waals surface area contributed by atoms with E-state index in [9.17, 15) is 0 Å². The third-order valence-corrected chi connectivity index (χ3v) is 4.81. The van der Waals surface area contributed by atoms with Crippen molar-refractivity contribution in [2.24, 2.45) is 0 Å². The van der Waals surface area contributed by atoms with Gasteiger partial charge in [-0.1, -0.05) is 57.7 Å². The molecule has 1 aromatic rings. The van der Waals surface area contributed by atoms with Gasteiger partial charge in [-0.2, -0.15) is 0 Å². The molecule has 0 fully saturated rings. The molecular weight excluding hydrogens is 290 g/mol. The Hall–Kier alpha value is -0.510. The summed E-state index contributed by atoms with van der Waals surface area (Å²) in [4.78, 5) is 1.43. The van der Waals surface area contributed by atoms with Crippen LogP contribution in [0.15, 0.2) is 29.2 Å². The van der Waals surface area contributed by atoms with Crippen molar-refractivity contribution in [1.82, 2.24) is 5.32 Å². The van der Waals surface area contributed by atoms with Crippen LogP contribution < -0.4 is 5.32 Å². The highest BCUT2D eigenvalue weighted by atomic mass is 32.2. The smallest absolute Gasteiger partial charge is 0.0591 e. The van der Waals surface area contributed by atoms with E-state index in [1.165, 1.54) is 54.7 Å². The van der Waals surface area contributed by atoms with E-state index in [-0.39, 0.29) is 0 Å². The van der Waals surface area contributed by atoms with Crippen molar-refractivity contribution >= 4 is 11.8 Å². The Kier molecular flexibility index (Phi) is 12.5. The molecule has 0 spiro atoms. The van der Waals surface area contributed by atoms with Crippen LogP contribution in [-0.4, -0.2) is 25.5 Å². The summed E-state index contributed by atoms with van der Waals surface area (Å²) < 4.78 is 5.63. The number of thioether (sulfide) groups is 1. The molecule has 0 aliphatic heterocycles. The van der Waals surface area contributed by atoms with Crippen molar-refractivity contribution in [3.8, 4) is 0 Å². The second kappa shape index (κ2) is 14.1. The summed E-state index contributed by atoms with van der Waals surface area (Å²) in [5.74, 6) is 1.23. The standard InChI is InChI=1S/C19H33NOS/c1-3-5-9-14-21-15-13-20-17-18-11-7-8-12-19(18)22-16-10-6-4-2/h7-8,11-12,20H,3-6,9-10,13-17H2,1-2H3. The third kappa shape index (κ3) is 9.50. The maximum atomic E-state index is 5.63. The summed E-state index contributed by atoms with van der Waals surface area (Å²) in [7, 11) is 0. The van der Waals surface area contributed by atoms with Crippen molar-refractivity contribution in [2.75, 3.05) is 25.5 Å². The minimum atomic E-state index is 0.815. The highest BCUT2D eigenvalue weighted by Gasteiger charge is 2.02. The minimum Gasteiger partial charge on any atom is -0.380 e. The van der Waals surface area contributed by atoms with Crippen LogP contribution in [0.1, 0.15) is 57.9 Å². The average Bonchev–Trinajstić information content (AvgIpc) is 2.55. The number of unbranched alkanes of at least 4 members (excludes halogenated alkanes) is 4. The van der Waals surface area contributed by atoms with Gasteiger partial charge in [0.2, 0.25) is 0 Å². The lowest BCUT2D eigenvalue weighted by Gasteiger charge is -2.10. The van der Waals surface area contributed by atoms with Gasteiger partial charge in [0.25, 0.3) is 0 Å². The first kappa shape index (κ1) is 19.5. The Morgan fingerprint density at radius 1 is 0.955 bits per heavy atom. The SMILES string of the molecule is CCCCCOCCNCc1ccccc1SCCCCC. The van der Waals surface area contributed by atoms with Crippen LogP contribution in [0.25, 0.3) is 0 Å². The molecule has 0 amide bonds. The van der Waals surface area contributed by atoms with E-state index in [2.05, 4.69) is 43.4 Å². The summed E-state index contributed by atoms with van der Waals surface area (Å²) in [6.45, 7) is 8.07. The summed E-state index contributed by atoms with van der Waals surface area (Å²) >= 11 is 1.99. The highest BCUT2D eigenvalue weighted by Crippen LogP contribution is 2.23. The van der Waals surface area contributed by atoms with Crippen LogP contribution in [0, 0.1) is 0 Å². The molecule has 0 aliphatic rings. The maximum absolute atomic E-state index is 5.63. The Morgan fingerprint density at radius 3 is 2.55 bits per heavy atom. The van der Waals surface area contributed by atoms with Gasteiger partial charge in [0.1, 0.15) is 0 Å². The topological polar surface area (TPSA) is 21.3 Å². The van der Waals surface area contributed by atoms with Gasteiger partial charge < -0.3 is 10.1 Å². The van der Waals surface area contributed by atoms with E-state index in [4.69, 9.17) is 4.74 Å². The van der Waals surface area contributed by atoms with Gasteiger partial charge in [0.05, 0.1) is 6.61 Å². The van der Waals surface area contributed by atoms with E-state index < -0.39 is 0 Å². The van der Waals surface area contributed by atoms with Gasteiger partial charge in [-0.25, -0.2) is 0 Å². The van der Waals surface area contributed by atoms with Gasteiger partial charge in [-0.05, 0) is 30.2 Å². The summed E-state index contributed by atoms with van der Waals surface area (Å²) in [5, 5.41) is 3.50. The van der Waals surface area contributed by atoms with Gasteiger partial charge >= 0.3 is 0 Å².